The fraction of sp³-hybridized carbons (Fsp3) is 0.160. The number of aromatic nitrogens is 2. The van der Waals surface area contributed by atoms with E-state index >= 15 is 0 Å². The lowest BCUT2D eigenvalue weighted by atomic mass is 10.2. The summed E-state index contributed by atoms with van der Waals surface area (Å²) in [5.74, 6) is 0.159. The number of rotatable bonds is 7. The predicted octanol–water partition coefficient (Wildman–Crippen LogP) is 4.45. The molecule has 0 aliphatic rings. The van der Waals surface area contributed by atoms with Gasteiger partial charge in [-0.3, -0.25) is 25.1 Å². The minimum atomic E-state index is -0.585. The van der Waals surface area contributed by atoms with Crippen LogP contribution in [0.15, 0.2) is 71.1 Å². The molecule has 0 aliphatic heterocycles. The van der Waals surface area contributed by atoms with Crippen LogP contribution in [-0.2, 0) is 13.2 Å². The van der Waals surface area contributed by atoms with Gasteiger partial charge < -0.3 is 9.15 Å². The molecule has 0 fully saturated rings. The van der Waals surface area contributed by atoms with Crippen LogP contribution in [0.5, 0.6) is 5.75 Å². The Kier molecular flexibility index (Phi) is 6.98. The molecular weight excluding hydrogens is 456 g/mol. The van der Waals surface area contributed by atoms with Crippen LogP contribution in [0.2, 0.25) is 5.02 Å². The molecule has 8 nitrogen and oxygen atoms in total. The first-order valence-corrected chi connectivity index (χ1v) is 10.9. The molecule has 9 heteroatoms. The molecule has 0 aliphatic carbocycles. The second-order valence-corrected chi connectivity index (χ2v) is 7.98. The van der Waals surface area contributed by atoms with Gasteiger partial charge in [-0.15, -0.1) is 0 Å². The Morgan fingerprint density at radius 2 is 1.68 bits per heavy atom. The molecule has 0 saturated carbocycles. The van der Waals surface area contributed by atoms with E-state index in [9.17, 15) is 9.59 Å². The molecule has 0 spiro atoms. The van der Waals surface area contributed by atoms with Crippen LogP contribution in [0.1, 0.15) is 43.6 Å². The van der Waals surface area contributed by atoms with Gasteiger partial charge in [0.05, 0.1) is 17.8 Å². The SMILES string of the molecule is Cc1nn(Cc2ccccc2Cl)c(C)c1C(=O)NNC(=O)c1ccc(COc2ccccc2)o1. The van der Waals surface area contributed by atoms with Gasteiger partial charge in [-0.25, -0.2) is 0 Å². The number of para-hydroxylation sites is 1. The third-order valence-electron chi connectivity index (χ3n) is 5.19. The molecule has 34 heavy (non-hydrogen) atoms. The number of carbonyl (C=O) groups is 2. The highest BCUT2D eigenvalue weighted by molar-refractivity contribution is 6.31. The van der Waals surface area contributed by atoms with Gasteiger partial charge in [0.15, 0.2) is 5.76 Å². The van der Waals surface area contributed by atoms with Crippen LogP contribution in [0, 0.1) is 13.8 Å². The van der Waals surface area contributed by atoms with E-state index in [1.54, 1.807) is 30.7 Å². The first-order chi connectivity index (χ1) is 16.4. The molecule has 2 N–H and O–H groups in total. The molecule has 4 aromatic rings. The third kappa shape index (κ3) is 5.29. The smallest absolute Gasteiger partial charge is 0.305 e. The Balaban J connectivity index is 1.35. The number of furan rings is 1. The van der Waals surface area contributed by atoms with Gasteiger partial charge in [-0.2, -0.15) is 5.10 Å². The maximum Gasteiger partial charge on any atom is 0.305 e. The maximum absolute atomic E-state index is 12.8. The standard InChI is InChI=1S/C25H23ClN4O4/c1-16-23(17(2)30(29-16)14-18-8-6-7-11-21(18)26)25(32)28-27-24(31)22-13-12-20(34-22)15-33-19-9-4-3-5-10-19/h3-13H,14-15H2,1-2H3,(H,27,31)(H,28,32). The highest BCUT2D eigenvalue weighted by Gasteiger charge is 2.20. The lowest BCUT2D eigenvalue weighted by Crippen LogP contribution is -2.41. The Bertz CT molecular complexity index is 1310. The van der Waals surface area contributed by atoms with Crippen LogP contribution in [0.4, 0.5) is 0 Å². The molecule has 2 amide bonds. The van der Waals surface area contributed by atoms with Crippen molar-refractivity contribution >= 4 is 23.4 Å². The topological polar surface area (TPSA) is 98.4 Å². The summed E-state index contributed by atoms with van der Waals surface area (Å²) in [5, 5.41) is 5.08. The lowest BCUT2D eigenvalue weighted by molar-refractivity contribution is 0.0827. The van der Waals surface area contributed by atoms with Crippen molar-refractivity contribution in [1.82, 2.24) is 20.6 Å². The van der Waals surface area contributed by atoms with Crippen LogP contribution in [0.3, 0.4) is 0 Å². The van der Waals surface area contributed by atoms with E-state index in [0.29, 0.717) is 40.0 Å². The van der Waals surface area contributed by atoms with Crippen molar-refractivity contribution < 1.29 is 18.7 Å². The van der Waals surface area contributed by atoms with Gasteiger partial charge in [0.25, 0.3) is 5.91 Å². The molecule has 0 saturated heterocycles. The van der Waals surface area contributed by atoms with E-state index in [1.807, 2.05) is 48.5 Å². The number of ether oxygens (including phenoxy) is 1. The second kappa shape index (κ2) is 10.3. The number of hydrazine groups is 1. The molecule has 2 aromatic heterocycles. The van der Waals surface area contributed by atoms with E-state index < -0.39 is 11.8 Å². The van der Waals surface area contributed by atoms with Crippen molar-refractivity contribution in [3.8, 4) is 5.75 Å². The largest absolute Gasteiger partial charge is 0.486 e. The first-order valence-electron chi connectivity index (χ1n) is 10.6. The molecule has 174 valence electrons. The quantitative estimate of drug-likeness (QED) is 0.382. The zero-order chi connectivity index (χ0) is 24.1. The monoisotopic (exact) mass is 478 g/mol. The number of halogens is 1. The first kappa shape index (κ1) is 23.1. The van der Waals surface area contributed by atoms with Crippen molar-refractivity contribution in [2.24, 2.45) is 0 Å². The minimum absolute atomic E-state index is 0.0508. The van der Waals surface area contributed by atoms with Crippen LogP contribution in [0.25, 0.3) is 0 Å². The molecule has 0 atom stereocenters. The Morgan fingerprint density at radius 3 is 2.44 bits per heavy atom. The zero-order valence-corrected chi connectivity index (χ0v) is 19.4. The number of aryl methyl sites for hydroxylation is 1. The summed E-state index contributed by atoms with van der Waals surface area (Å²) in [6.07, 6.45) is 0. The number of carbonyl (C=O) groups excluding carboxylic acids is 2. The highest BCUT2D eigenvalue weighted by Crippen LogP contribution is 2.19. The van der Waals surface area contributed by atoms with Crippen LogP contribution < -0.4 is 15.6 Å². The average Bonchev–Trinajstić information content (AvgIpc) is 3.42. The maximum atomic E-state index is 12.8. The number of nitrogens with one attached hydrogen (secondary N) is 2. The summed E-state index contributed by atoms with van der Waals surface area (Å²) in [4.78, 5) is 25.2. The third-order valence-corrected chi connectivity index (χ3v) is 5.55. The summed E-state index contributed by atoms with van der Waals surface area (Å²) < 4.78 is 12.8. The van der Waals surface area contributed by atoms with Crippen molar-refractivity contribution in [3.05, 3.63) is 106 Å². The van der Waals surface area contributed by atoms with Crippen LogP contribution in [-0.4, -0.2) is 21.6 Å². The number of benzene rings is 2. The second-order valence-electron chi connectivity index (χ2n) is 7.57. The van der Waals surface area contributed by atoms with Crippen molar-refractivity contribution in [2.75, 3.05) is 0 Å². The van der Waals surface area contributed by atoms with E-state index in [1.165, 1.54) is 6.07 Å². The number of amides is 2. The van der Waals surface area contributed by atoms with E-state index in [2.05, 4.69) is 16.0 Å². The average molecular weight is 479 g/mol. The normalized spacial score (nSPS) is 10.7. The fourth-order valence-electron chi connectivity index (χ4n) is 3.45. The Labute approximate surface area is 201 Å². The molecule has 2 aromatic carbocycles. The van der Waals surface area contributed by atoms with Gasteiger partial charge in [0, 0.05) is 10.7 Å². The summed E-state index contributed by atoms with van der Waals surface area (Å²) in [6, 6.07) is 19.9. The zero-order valence-electron chi connectivity index (χ0n) is 18.7. The van der Waals surface area contributed by atoms with Crippen molar-refractivity contribution in [3.63, 3.8) is 0 Å². The molecule has 2 heterocycles. The predicted molar refractivity (Wildman–Crippen MR) is 127 cm³/mol. The minimum Gasteiger partial charge on any atom is -0.486 e. The van der Waals surface area contributed by atoms with Crippen molar-refractivity contribution in [2.45, 2.75) is 27.0 Å². The molecule has 4 rings (SSSR count). The molecule has 0 bridgehead atoms. The van der Waals surface area contributed by atoms with Gasteiger partial charge in [0.2, 0.25) is 0 Å². The van der Waals surface area contributed by atoms with E-state index in [4.69, 9.17) is 20.8 Å². The summed E-state index contributed by atoms with van der Waals surface area (Å²) >= 11 is 6.25. The number of nitrogens with zero attached hydrogens (tertiary/aromatic N) is 2. The number of hydrogen-bond donors (Lipinski definition) is 2. The van der Waals surface area contributed by atoms with Gasteiger partial charge in [0.1, 0.15) is 18.1 Å². The van der Waals surface area contributed by atoms with Gasteiger partial charge in [-0.1, -0.05) is 48.0 Å². The highest BCUT2D eigenvalue weighted by atomic mass is 35.5. The van der Waals surface area contributed by atoms with Crippen LogP contribution >= 0.6 is 11.6 Å². The Hall–Kier alpha value is -4.04. The van der Waals surface area contributed by atoms with Gasteiger partial charge >= 0.3 is 5.91 Å². The lowest BCUT2D eigenvalue weighted by Gasteiger charge is -2.08. The number of hydrogen-bond acceptors (Lipinski definition) is 5. The van der Waals surface area contributed by atoms with Gasteiger partial charge in [-0.05, 0) is 49.7 Å². The van der Waals surface area contributed by atoms with E-state index in [-0.39, 0.29) is 12.4 Å². The summed E-state index contributed by atoms with van der Waals surface area (Å²) in [5.41, 5.74) is 7.26. The fourth-order valence-corrected chi connectivity index (χ4v) is 3.65. The molecular formula is C25H23ClN4O4. The van der Waals surface area contributed by atoms with Crippen molar-refractivity contribution in [1.29, 1.82) is 0 Å². The Morgan fingerprint density at radius 1 is 0.971 bits per heavy atom. The molecule has 0 unspecified atom stereocenters. The molecule has 0 radical (unpaired) electrons. The summed E-state index contributed by atoms with van der Waals surface area (Å²) in [6.45, 7) is 4.12. The summed E-state index contributed by atoms with van der Waals surface area (Å²) in [7, 11) is 0. The van der Waals surface area contributed by atoms with E-state index in [0.717, 1.165) is 5.56 Å².